The van der Waals surface area contributed by atoms with Crippen LogP contribution in [0.2, 0.25) is 0 Å². The number of hydrogen-bond acceptors (Lipinski definition) is 2. The van der Waals surface area contributed by atoms with Crippen LogP contribution >= 0.6 is 0 Å². The number of hydrogen-bond donors (Lipinski definition) is 1. The minimum absolute atomic E-state index is 0.0203. The van der Waals surface area contributed by atoms with Gasteiger partial charge in [-0.1, -0.05) is 32.0 Å². The Labute approximate surface area is 120 Å². The number of nitrogens with one attached hydrogen (secondary N) is 1. The quantitative estimate of drug-likeness (QED) is 0.853. The van der Waals surface area contributed by atoms with Gasteiger partial charge in [-0.2, -0.15) is 13.2 Å². The highest BCUT2D eigenvalue weighted by atomic mass is 19.4. The smallest absolute Gasteiger partial charge is 0.296 e. The van der Waals surface area contributed by atoms with Gasteiger partial charge in [-0.25, -0.2) is 0 Å². The lowest BCUT2D eigenvalue weighted by molar-refractivity contribution is -0.142. The van der Waals surface area contributed by atoms with Gasteiger partial charge in [0.1, 0.15) is 0 Å². The minimum atomic E-state index is -4.50. The molecule has 2 rings (SSSR count). The van der Waals surface area contributed by atoms with Crippen molar-refractivity contribution in [3.05, 3.63) is 35.4 Å². The number of carbonyl (C=O) groups excluding carboxylic acids is 2. The summed E-state index contributed by atoms with van der Waals surface area (Å²) in [4.78, 5) is 23.6. The topological polar surface area (TPSA) is 46.2 Å². The van der Waals surface area contributed by atoms with Gasteiger partial charge in [-0.05, 0) is 17.5 Å². The van der Waals surface area contributed by atoms with Crippen LogP contribution in [0.15, 0.2) is 24.3 Å². The van der Waals surface area contributed by atoms with Crippen molar-refractivity contribution in [2.45, 2.75) is 32.4 Å². The SMILES string of the molecule is CC(C)C1C(=O)NC(=O)CC1c1ccccc1C(F)(F)F. The van der Waals surface area contributed by atoms with Gasteiger partial charge in [0, 0.05) is 18.3 Å². The minimum Gasteiger partial charge on any atom is -0.296 e. The Morgan fingerprint density at radius 1 is 1.19 bits per heavy atom. The van der Waals surface area contributed by atoms with Crippen molar-refractivity contribution in [2.24, 2.45) is 11.8 Å². The van der Waals surface area contributed by atoms with Crippen molar-refractivity contribution in [3.63, 3.8) is 0 Å². The molecule has 1 aromatic carbocycles. The van der Waals surface area contributed by atoms with Gasteiger partial charge in [0.05, 0.1) is 5.56 Å². The standard InChI is InChI=1S/C15H16F3NO2/c1-8(2)13-10(7-12(20)19-14(13)21)9-5-3-4-6-11(9)15(16,17)18/h3-6,8,10,13H,7H2,1-2H3,(H,19,20,21). The zero-order chi connectivity index (χ0) is 15.8. The molecule has 0 aromatic heterocycles. The monoisotopic (exact) mass is 299 g/mol. The molecule has 1 aliphatic rings. The molecule has 0 saturated carbocycles. The van der Waals surface area contributed by atoms with Gasteiger partial charge in [0.15, 0.2) is 0 Å². The number of piperidine rings is 1. The molecule has 6 heteroatoms. The molecule has 0 bridgehead atoms. The fourth-order valence-electron chi connectivity index (χ4n) is 2.93. The normalized spacial score (nSPS) is 23.3. The molecule has 1 N–H and O–H groups in total. The summed E-state index contributed by atoms with van der Waals surface area (Å²) in [6.07, 6.45) is -4.61. The van der Waals surface area contributed by atoms with E-state index in [1.54, 1.807) is 13.8 Å². The van der Waals surface area contributed by atoms with Crippen LogP contribution in [0.1, 0.15) is 37.3 Å². The Kier molecular flexibility index (Phi) is 4.07. The summed E-state index contributed by atoms with van der Waals surface area (Å²) in [6.45, 7) is 3.53. The second-order valence-electron chi connectivity index (χ2n) is 5.58. The zero-order valence-electron chi connectivity index (χ0n) is 11.7. The molecule has 21 heavy (non-hydrogen) atoms. The van der Waals surface area contributed by atoms with Crippen LogP contribution in [-0.2, 0) is 15.8 Å². The number of amides is 2. The summed E-state index contributed by atoms with van der Waals surface area (Å²) in [5.74, 6) is -2.58. The molecular weight excluding hydrogens is 283 g/mol. The molecule has 114 valence electrons. The van der Waals surface area contributed by atoms with Crippen molar-refractivity contribution >= 4 is 11.8 Å². The molecular formula is C15H16F3NO2. The van der Waals surface area contributed by atoms with Crippen LogP contribution in [0.5, 0.6) is 0 Å². The van der Waals surface area contributed by atoms with Gasteiger partial charge < -0.3 is 0 Å². The van der Waals surface area contributed by atoms with Crippen LogP contribution in [0.4, 0.5) is 13.2 Å². The Morgan fingerprint density at radius 2 is 1.81 bits per heavy atom. The van der Waals surface area contributed by atoms with E-state index in [9.17, 15) is 22.8 Å². The van der Waals surface area contributed by atoms with Crippen LogP contribution in [-0.4, -0.2) is 11.8 Å². The first kappa shape index (κ1) is 15.5. The highest BCUT2D eigenvalue weighted by Crippen LogP contribution is 2.42. The molecule has 2 atom stereocenters. The van der Waals surface area contributed by atoms with Crippen LogP contribution in [0, 0.1) is 11.8 Å². The summed E-state index contributed by atoms with van der Waals surface area (Å²) in [5, 5.41) is 2.21. The second-order valence-corrected chi connectivity index (χ2v) is 5.58. The molecule has 2 amide bonds. The lowest BCUT2D eigenvalue weighted by Gasteiger charge is -2.34. The number of alkyl halides is 3. The Bertz CT molecular complexity index is 566. The predicted molar refractivity (Wildman–Crippen MR) is 70.3 cm³/mol. The van der Waals surface area contributed by atoms with E-state index in [2.05, 4.69) is 5.32 Å². The summed E-state index contributed by atoms with van der Waals surface area (Å²) < 4.78 is 39.4. The number of rotatable bonds is 2. The Balaban J connectivity index is 2.52. The van der Waals surface area contributed by atoms with Crippen LogP contribution in [0.25, 0.3) is 0 Å². The maximum Gasteiger partial charge on any atom is 0.416 e. The first-order valence-electron chi connectivity index (χ1n) is 6.71. The fraction of sp³-hybridized carbons (Fsp3) is 0.467. The third-order valence-corrected chi connectivity index (χ3v) is 3.79. The number of carbonyl (C=O) groups is 2. The largest absolute Gasteiger partial charge is 0.416 e. The van der Waals surface area contributed by atoms with Crippen molar-refractivity contribution in [1.82, 2.24) is 5.32 Å². The van der Waals surface area contributed by atoms with E-state index in [1.165, 1.54) is 18.2 Å². The fourth-order valence-corrected chi connectivity index (χ4v) is 2.93. The summed E-state index contributed by atoms with van der Waals surface area (Å²) in [6, 6.07) is 5.15. The molecule has 1 aromatic rings. The van der Waals surface area contributed by atoms with Gasteiger partial charge >= 0.3 is 6.18 Å². The second kappa shape index (κ2) is 5.50. The number of imide groups is 1. The molecule has 3 nitrogen and oxygen atoms in total. The molecule has 1 saturated heterocycles. The number of benzene rings is 1. The van der Waals surface area contributed by atoms with Gasteiger partial charge in [-0.3, -0.25) is 14.9 Å². The predicted octanol–water partition coefficient (Wildman–Crippen LogP) is 3.11. The summed E-state index contributed by atoms with van der Waals surface area (Å²) >= 11 is 0. The van der Waals surface area contributed by atoms with E-state index in [4.69, 9.17) is 0 Å². The van der Waals surface area contributed by atoms with E-state index >= 15 is 0 Å². The van der Waals surface area contributed by atoms with Crippen molar-refractivity contribution in [1.29, 1.82) is 0 Å². The van der Waals surface area contributed by atoms with Crippen LogP contribution in [0.3, 0.4) is 0 Å². The average Bonchev–Trinajstić information content (AvgIpc) is 2.36. The molecule has 0 aliphatic carbocycles. The molecule has 2 unspecified atom stereocenters. The molecule has 0 radical (unpaired) electrons. The first-order chi connectivity index (χ1) is 9.71. The average molecular weight is 299 g/mol. The van der Waals surface area contributed by atoms with E-state index in [1.807, 2.05) is 0 Å². The molecule has 0 spiro atoms. The Hall–Kier alpha value is -1.85. The lowest BCUT2D eigenvalue weighted by Crippen LogP contribution is -2.47. The van der Waals surface area contributed by atoms with E-state index in [0.717, 1.165) is 6.07 Å². The Morgan fingerprint density at radius 3 is 2.38 bits per heavy atom. The van der Waals surface area contributed by atoms with E-state index < -0.39 is 35.4 Å². The third kappa shape index (κ3) is 3.09. The van der Waals surface area contributed by atoms with E-state index in [0.29, 0.717) is 0 Å². The molecule has 1 aliphatic heterocycles. The van der Waals surface area contributed by atoms with Crippen molar-refractivity contribution in [3.8, 4) is 0 Å². The first-order valence-corrected chi connectivity index (χ1v) is 6.71. The van der Waals surface area contributed by atoms with Gasteiger partial charge in [0.2, 0.25) is 11.8 Å². The third-order valence-electron chi connectivity index (χ3n) is 3.79. The zero-order valence-corrected chi connectivity index (χ0v) is 11.7. The van der Waals surface area contributed by atoms with E-state index in [-0.39, 0.29) is 17.9 Å². The number of halogens is 3. The van der Waals surface area contributed by atoms with Gasteiger partial charge in [-0.15, -0.1) is 0 Å². The summed E-state index contributed by atoms with van der Waals surface area (Å²) in [5.41, 5.74) is -0.755. The van der Waals surface area contributed by atoms with Crippen LogP contribution < -0.4 is 5.32 Å². The lowest BCUT2D eigenvalue weighted by atomic mass is 9.73. The highest BCUT2D eigenvalue weighted by Gasteiger charge is 2.43. The molecule has 1 fully saturated rings. The highest BCUT2D eigenvalue weighted by molar-refractivity contribution is 6.00. The van der Waals surface area contributed by atoms with Gasteiger partial charge in [0.25, 0.3) is 0 Å². The molecule has 1 heterocycles. The summed E-state index contributed by atoms with van der Waals surface area (Å²) in [7, 11) is 0. The van der Waals surface area contributed by atoms with Crippen molar-refractivity contribution in [2.75, 3.05) is 0 Å². The maximum absolute atomic E-state index is 13.1. The maximum atomic E-state index is 13.1. The van der Waals surface area contributed by atoms with Crippen molar-refractivity contribution < 1.29 is 22.8 Å².